The molecule has 1 saturated carbocycles. The Balaban J connectivity index is 1.75. The summed E-state index contributed by atoms with van der Waals surface area (Å²) < 4.78 is 1.16. The van der Waals surface area contributed by atoms with E-state index in [1.54, 1.807) is 11.3 Å². The van der Waals surface area contributed by atoms with Crippen molar-refractivity contribution in [3.05, 3.63) is 20.8 Å². The minimum Gasteiger partial charge on any atom is -0.409 e. The topological polar surface area (TPSA) is 70.6 Å². The first-order chi connectivity index (χ1) is 8.13. The summed E-state index contributed by atoms with van der Waals surface area (Å²) in [6, 6.07) is 4.18. The van der Waals surface area contributed by atoms with Crippen molar-refractivity contribution in [2.24, 2.45) is 16.3 Å². The summed E-state index contributed by atoms with van der Waals surface area (Å²) in [5.74, 6) is 0.336. The molecule has 1 aromatic rings. The fourth-order valence-electron chi connectivity index (χ4n) is 1.91. The monoisotopic (exact) mass is 317 g/mol. The van der Waals surface area contributed by atoms with Gasteiger partial charge in [0.2, 0.25) is 0 Å². The van der Waals surface area contributed by atoms with E-state index in [-0.39, 0.29) is 5.41 Å². The minimum atomic E-state index is 0.227. The average Bonchev–Trinajstić information content (AvgIpc) is 2.93. The van der Waals surface area contributed by atoms with Gasteiger partial charge in [-0.15, -0.1) is 11.3 Å². The number of nitrogens with zero attached hydrogens (tertiary/aromatic N) is 1. The fraction of sp³-hybridized carbons (Fsp3) is 0.545. The number of nitrogens with two attached hydrogens (primary N) is 1. The van der Waals surface area contributed by atoms with Gasteiger partial charge in [0.05, 0.1) is 3.79 Å². The molecule has 17 heavy (non-hydrogen) atoms. The van der Waals surface area contributed by atoms with Gasteiger partial charge in [0, 0.05) is 24.4 Å². The Labute approximate surface area is 113 Å². The van der Waals surface area contributed by atoms with Crippen LogP contribution in [0, 0.1) is 5.41 Å². The predicted molar refractivity (Wildman–Crippen MR) is 73.4 cm³/mol. The molecule has 1 heterocycles. The summed E-state index contributed by atoms with van der Waals surface area (Å²) in [5, 5.41) is 15.1. The van der Waals surface area contributed by atoms with Crippen LogP contribution in [0.1, 0.15) is 24.1 Å². The third-order valence-corrected chi connectivity index (χ3v) is 4.69. The minimum absolute atomic E-state index is 0.227. The molecule has 1 aliphatic rings. The molecule has 1 fully saturated rings. The Morgan fingerprint density at radius 3 is 2.88 bits per heavy atom. The summed E-state index contributed by atoms with van der Waals surface area (Å²) in [5.41, 5.74) is 5.78. The highest BCUT2D eigenvalue weighted by Gasteiger charge is 2.42. The lowest BCUT2D eigenvalue weighted by Crippen LogP contribution is -2.27. The Hall–Kier alpha value is -0.590. The van der Waals surface area contributed by atoms with E-state index in [1.807, 2.05) is 0 Å². The van der Waals surface area contributed by atoms with Crippen molar-refractivity contribution in [3.63, 3.8) is 0 Å². The van der Waals surface area contributed by atoms with Crippen LogP contribution in [-0.4, -0.2) is 17.6 Å². The summed E-state index contributed by atoms with van der Waals surface area (Å²) >= 11 is 5.19. The largest absolute Gasteiger partial charge is 0.409 e. The molecule has 0 saturated heterocycles. The van der Waals surface area contributed by atoms with Crippen molar-refractivity contribution in [2.75, 3.05) is 6.54 Å². The van der Waals surface area contributed by atoms with Crippen molar-refractivity contribution < 1.29 is 5.21 Å². The van der Waals surface area contributed by atoms with E-state index >= 15 is 0 Å². The summed E-state index contributed by atoms with van der Waals surface area (Å²) in [6.07, 6.45) is 3.00. The zero-order valence-corrected chi connectivity index (χ0v) is 11.9. The molecule has 4 N–H and O–H groups in total. The zero-order chi connectivity index (χ0) is 12.3. The first kappa shape index (κ1) is 12.9. The van der Waals surface area contributed by atoms with Crippen LogP contribution in [0.3, 0.4) is 0 Å². The third-order valence-electron chi connectivity index (χ3n) is 3.07. The van der Waals surface area contributed by atoms with E-state index in [1.165, 1.54) is 4.88 Å². The van der Waals surface area contributed by atoms with Crippen molar-refractivity contribution >= 4 is 33.1 Å². The second kappa shape index (κ2) is 5.37. The normalized spacial score (nSPS) is 18.3. The first-order valence-electron chi connectivity index (χ1n) is 5.55. The van der Waals surface area contributed by atoms with Crippen molar-refractivity contribution in [2.45, 2.75) is 25.8 Å². The molecule has 0 radical (unpaired) electrons. The van der Waals surface area contributed by atoms with Gasteiger partial charge in [-0.05, 0) is 46.3 Å². The SMILES string of the molecule is NC(CC1(CNCc2ccc(Br)s2)CC1)=NO. The third kappa shape index (κ3) is 3.69. The Morgan fingerprint density at radius 1 is 1.59 bits per heavy atom. The Bertz CT molecular complexity index is 415. The summed E-state index contributed by atoms with van der Waals surface area (Å²) in [7, 11) is 0. The van der Waals surface area contributed by atoms with E-state index in [0.29, 0.717) is 12.3 Å². The number of rotatable bonds is 6. The smallest absolute Gasteiger partial charge is 0.139 e. The highest BCUT2D eigenvalue weighted by molar-refractivity contribution is 9.11. The molecule has 0 atom stereocenters. The predicted octanol–water partition coefficient (Wildman–Crippen LogP) is 2.52. The van der Waals surface area contributed by atoms with E-state index in [4.69, 9.17) is 10.9 Å². The van der Waals surface area contributed by atoms with Gasteiger partial charge in [0.15, 0.2) is 0 Å². The number of thiophene rings is 1. The van der Waals surface area contributed by atoms with E-state index < -0.39 is 0 Å². The first-order valence-corrected chi connectivity index (χ1v) is 7.16. The molecule has 1 aromatic heterocycles. The lowest BCUT2D eigenvalue weighted by Gasteiger charge is -2.14. The van der Waals surface area contributed by atoms with Gasteiger partial charge in [-0.25, -0.2) is 0 Å². The fourth-order valence-corrected chi connectivity index (χ4v) is 3.36. The number of nitrogens with one attached hydrogen (secondary N) is 1. The lowest BCUT2D eigenvalue weighted by atomic mass is 10.0. The Morgan fingerprint density at radius 2 is 2.35 bits per heavy atom. The van der Waals surface area contributed by atoms with E-state index in [2.05, 4.69) is 38.5 Å². The second-order valence-electron chi connectivity index (χ2n) is 4.58. The van der Waals surface area contributed by atoms with E-state index in [0.717, 1.165) is 29.7 Å². The van der Waals surface area contributed by atoms with Crippen LogP contribution < -0.4 is 11.1 Å². The molecule has 0 amide bonds. The molecule has 0 bridgehead atoms. The molecule has 94 valence electrons. The molecule has 0 unspecified atom stereocenters. The van der Waals surface area contributed by atoms with Crippen molar-refractivity contribution in [1.29, 1.82) is 0 Å². The average molecular weight is 318 g/mol. The van der Waals surface area contributed by atoms with Gasteiger partial charge in [-0.3, -0.25) is 0 Å². The summed E-state index contributed by atoms with van der Waals surface area (Å²) in [6.45, 7) is 1.81. The number of oxime groups is 1. The molecule has 2 rings (SSSR count). The quantitative estimate of drug-likeness (QED) is 0.327. The molecular weight excluding hydrogens is 302 g/mol. The highest BCUT2D eigenvalue weighted by atomic mass is 79.9. The number of amidine groups is 1. The lowest BCUT2D eigenvalue weighted by molar-refractivity contribution is 0.314. The summed E-state index contributed by atoms with van der Waals surface area (Å²) in [4.78, 5) is 1.32. The molecule has 1 aliphatic carbocycles. The molecule has 0 aliphatic heterocycles. The second-order valence-corrected chi connectivity index (χ2v) is 7.13. The standard InChI is InChI=1S/C11H16BrN3OS/c12-9-2-1-8(17-9)6-14-7-11(3-4-11)5-10(13)15-16/h1-2,14,16H,3-7H2,(H2,13,15). The Kier molecular flexibility index (Phi) is 4.06. The van der Waals surface area contributed by atoms with Gasteiger partial charge in [0.25, 0.3) is 0 Å². The maximum atomic E-state index is 8.57. The van der Waals surface area contributed by atoms with Crippen molar-refractivity contribution in [3.8, 4) is 0 Å². The van der Waals surface area contributed by atoms with Gasteiger partial charge in [0.1, 0.15) is 5.84 Å². The van der Waals surface area contributed by atoms with Crippen LogP contribution in [0.15, 0.2) is 21.1 Å². The number of hydrogen-bond donors (Lipinski definition) is 3. The molecular formula is C11H16BrN3OS. The maximum absolute atomic E-state index is 8.57. The van der Waals surface area contributed by atoms with E-state index in [9.17, 15) is 0 Å². The maximum Gasteiger partial charge on any atom is 0.139 e. The highest BCUT2D eigenvalue weighted by Crippen LogP contribution is 2.48. The number of halogens is 1. The molecule has 0 aromatic carbocycles. The van der Waals surface area contributed by atoms with Crippen LogP contribution >= 0.6 is 27.3 Å². The van der Waals surface area contributed by atoms with Gasteiger partial charge >= 0.3 is 0 Å². The van der Waals surface area contributed by atoms with Crippen LogP contribution in [-0.2, 0) is 6.54 Å². The molecule has 6 heteroatoms. The van der Waals surface area contributed by atoms with Crippen LogP contribution in [0.25, 0.3) is 0 Å². The van der Waals surface area contributed by atoms with Crippen LogP contribution in [0.2, 0.25) is 0 Å². The van der Waals surface area contributed by atoms with Crippen LogP contribution in [0.4, 0.5) is 0 Å². The molecule has 4 nitrogen and oxygen atoms in total. The van der Waals surface area contributed by atoms with Gasteiger partial charge < -0.3 is 16.3 Å². The van der Waals surface area contributed by atoms with Gasteiger partial charge in [-0.1, -0.05) is 5.16 Å². The van der Waals surface area contributed by atoms with Crippen LogP contribution in [0.5, 0.6) is 0 Å². The zero-order valence-electron chi connectivity index (χ0n) is 9.45. The number of hydrogen-bond acceptors (Lipinski definition) is 4. The molecule has 0 spiro atoms. The van der Waals surface area contributed by atoms with Crippen molar-refractivity contribution in [1.82, 2.24) is 5.32 Å². The van der Waals surface area contributed by atoms with Gasteiger partial charge in [-0.2, -0.15) is 0 Å².